The summed E-state index contributed by atoms with van der Waals surface area (Å²) in [6.07, 6.45) is 4.82. The van der Waals surface area contributed by atoms with Crippen LogP contribution in [-0.4, -0.2) is 17.3 Å². The molecular weight excluding hydrogens is 174 g/mol. The minimum atomic E-state index is -0.637. The van der Waals surface area contributed by atoms with E-state index in [4.69, 9.17) is 5.73 Å². The molecule has 2 heteroatoms. The van der Waals surface area contributed by atoms with E-state index in [0.717, 1.165) is 24.7 Å². The fourth-order valence-electron chi connectivity index (χ4n) is 2.57. The van der Waals surface area contributed by atoms with Crippen molar-refractivity contribution in [3.05, 3.63) is 0 Å². The van der Waals surface area contributed by atoms with Gasteiger partial charge in [0, 0.05) is 6.54 Å². The van der Waals surface area contributed by atoms with Gasteiger partial charge in [0.2, 0.25) is 0 Å². The number of nitrogens with two attached hydrogens (primary N) is 1. The predicted molar refractivity (Wildman–Crippen MR) is 60.0 cm³/mol. The van der Waals surface area contributed by atoms with Crippen molar-refractivity contribution in [1.29, 1.82) is 0 Å². The molecule has 84 valence electrons. The van der Waals surface area contributed by atoms with Crippen LogP contribution in [0.4, 0.5) is 0 Å². The Kier molecular flexibility index (Phi) is 3.96. The van der Waals surface area contributed by atoms with Crippen LogP contribution >= 0.6 is 0 Å². The summed E-state index contributed by atoms with van der Waals surface area (Å²) in [6, 6.07) is 0. The van der Waals surface area contributed by atoms with Crippen LogP contribution in [0, 0.1) is 17.8 Å². The lowest BCUT2D eigenvalue weighted by Crippen LogP contribution is -2.43. The van der Waals surface area contributed by atoms with Crippen LogP contribution in [0.1, 0.15) is 46.5 Å². The molecule has 0 radical (unpaired) electrons. The van der Waals surface area contributed by atoms with Crippen molar-refractivity contribution >= 4 is 0 Å². The Morgan fingerprint density at radius 3 is 2.14 bits per heavy atom. The number of aliphatic hydroxyl groups is 1. The Labute approximate surface area is 87.9 Å². The summed E-state index contributed by atoms with van der Waals surface area (Å²) in [7, 11) is 0. The van der Waals surface area contributed by atoms with E-state index in [1.807, 2.05) is 6.92 Å². The Morgan fingerprint density at radius 2 is 1.79 bits per heavy atom. The molecule has 1 saturated carbocycles. The molecule has 0 aliphatic heterocycles. The molecule has 1 unspecified atom stereocenters. The molecular formula is C12H25NO. The molecule has 0 aromatic heterocycles. The van der Waals surface area contributed by atoms with E-state index in [0.29, 0.717) is 12.5 Å². The first-order valence-electron chi connectivity index (χ1n) is 5.90. The van der Waals surface area contributed by atoms with Crippen molar-refractivity contribution in [1.82, 2.24) is 0 Å². The molecule has 1 atom stereocenters. The lowest BCUT2D eigenvalue weighted by molar-refractivity contribution is -0.0173. The monoisotopic (exact) mass is 199 g/mol. The van der Waals surface area contributed by atoms with E-state index in [2.05, 4.69) is 13.8 Å². The average Bonchev–Trinajstić information content (AvgIpc) is 2.18. The van der Waals surface area contributed by atoms with Crippen LogP contribution in [0.5, 0.6) is 0 Å². The number of hydrogen-bond acceptors (Lipinski definition) is 2. The number of rotatable bonds is 3. The molecule has 0 amide bonds. The summed E-state index contributed by atoms with van der Waals surface area (Å²) >= 11 is 0. The van der Waals surface area contributed by atoms with Crippen molar-refractivity contribution in [2.45, 2.75) is 52.1 Å². The van der Waals surface area contributed by atoms with E-state index in [9.17, 15) is 5.11 Å². The first-order valence-corrected chi connectivity index (χ1v) is 5.90. The summed E-state index contributed by atoms with van der Waals surface area (Å²) in [5, 5.41) is 10.0. The lowest BCUT2D eigenvalue weighted by atomic mass is 9.71. The zero-order valence-corrected chi connectivity index (χ0v) is 9.79. The topological polar surface area (TPSA) is 46.2 Å². The maximum atomic E-state index is 10.0. The SMILES string of the molecule is CC(C)C1CCC(C(C)(O)CN)CC1. The van der Waals surface area contributed by atoms with Gasteiger partial charge in [-0.2, -0.15) is 0 Å². The van der Waals surface area contributed by atoms with Gasteiger partial charge in [0.1, 0.15) is 0 Å². The first kappa shape index (κ1) is 12.0. The summed E-state index contributed by atoms with van der Waals surface area (Å²) in [5.41, 5.74) is 4.94. The van der Waals surface area contributed by atoms with Gasteiger partial charge in [-0.3, -0.25) is 0 Å². The van der Waals surface area contributed by atoms with E-state index in [1.165, 1.54) is 12.8 Å². The van der Waals surface area contributed by atoms with Crippen LogP contribution in [0.2, 0.25) is 0 Å². The molecule has 0 aromatic rings. The standard InChI is InChI=1S/C12H25NO/c1-9(2)10-4-6-11(7-5-10)12(3,14)8-13/h9-11,14H,4-8,13H2,1-3H3. The highest BCUT2D eigenvalue weighted by molar-refractivity contribution is 4.87. The normalized spacial score (nSPS) is 33.0. The van der Waals surface area contributed by atoms with Gasteiger partial charge in [-0.1, -0.05) is 13.8 Å². The van der Waals surface area contributed by atoms with E-state index in [-0.39, 0.29) is 0 Å². The van der Waals surface area contributed by atoms with Crippen LogP contribution in [0.15, 0.2) is 0 Å². The largest absolute Gasteiger partial charge is 0.389 e. The number of hydrogen-bond donors (Lipinski definition) is 2. The molecule has 1 aliphatic carbocycles. The molecule has 1 fully saturated rings. The smallest absolute Gasteiger partial charge is 0.0769 e. The Balaban J connectivity index is 2.43. The molecule has 0 aromatic carbocycles. The van der Waals surface area contributed by atoms with Crippen molar-refractivity contribution in [2.24, 2.45) is 23.5 Å². The van der Waals surface area contributed by atoms with Gasteiger partial charge in [0.05, 0.1) is 5.60 Å². The summed E-state index contributed by atoms with van der Waals surface area (Å²) in [4.78, 5) is 0. The second kappa shape index (κ2) is 4.63. The molecule has 0 heterocycles. The van der Waals surface area contributed by atoms with Gasteiger partial charge >= 0.3 is 0 Å². The molecule has 3 N–H and O–H groups in total. The summed E-state index contributed by atoms with van der Waals surface area (Å²) in [6.45, 7) is 6.87. The van der Waals surface area contributed by atoms with E-state index >= 15 is 0 Å². The Bertz CT molecular complexity index is 169. The molecule has 2 nitrogen and oxygen atoms in total. The molecule has 1 aliphatic rings. The zero-order valence-electron chi connectivity index (χ0n) is 9.79. The zero-order chi connectivity index (χ0) is 10.8. The van der Waals surface area contributed by atoms with Gasteiger partial charge in [0.15, 0.2) is 0 Å². The molecule has 14 heavy (non-hydrogen) atoms. The highest BCUT2D eigenvalue weighted by atomic mass is 16.3. The predicted octanol–water partition coefficient (Wildman–Crippen LogP) is 2.16. The third-order valence-electron chi connectivity index (χ3n) is 4.01. The van der Waals surface area contributed by atoms with Crippen LogP contribution in [0.3, 0.4) is 0 Å². The van der Waals surface area contributed by atoms with Gasteiger partial charge < -0.3 is 10.8 Å². The van der Waals surface area contributed by atoms with Gasteiger partial charge in [-0.15, -0.1) is 0 Å². The molecule has 0 bridgehead atoms. The quantitative estimate of drug-likeness (QED) is 0.731. The Morgan fingerprint density at radius 1 is 1.29 bits per heavy atom. The minimum absolute atomic E-state index is 0.393. The summed E-state index contributed by atoms with van der Waals surface area (Å²) < 4.78 is 0. The van der Waals surface area contributed by atoms with E-state index in [1.54, 1.807) is 0 Å². The first-order chi connectivity index (χ1) is 6.47. The van der Waals surface area contributed by atoms with Gasteiger partial charge in [0.25, 0.3) is 0 Å². The van der Waals surface area contributed by atoms with Crippen molar-refractivity contribution < 1.29 is 5.11 Å². The van der Waals surface area contributed by atoms with E-state index < -0.39 is 5.60 Å². The minimum Gasteiger partial charge on any atom is -0.389 e. The summed E-state index contributed by atoms with van der Waals surface area (Å²) in [5.74, 6) is 2.07. The third-order valence-corrected chi connectivity index (χ3v) is 4.01. The maximum absolute atomic E-state index is 10.0. The van der Waals surface area contributed by atoms with Crippen LogP contribution in [-0.2, 0) is 0 Å². The highest BCUT2D eigenvalue weighted by Gasteiger charge is 2.34. The lowest BCUT2D eigenvalue weighted by Gasteiger charge is -2.38. The second-order valence-electron chi connectivity index (χ2n) is 5.42. The average molecular weight is 199 g/mol. The maximum Gasteiger partial charge on any atom is 0.0769 e. The molecule has 0 saturated heterocycles. The third kappa shape index (κ3) is 2.71. The van der Waals surface area contributed by atoms with Crippen LogP contribution in [0.25, 0.3) is 0 Å². The molecule has 1 rings (SSSR count). The fourth-order valence-corrected chi connectivity index (χ4v) is 2.57. The van der Waals surface area contributed by atoms with Crippen LogP contribution < -0.4 is 5.73 Å². The Hall–Kier alpha value is -0.0800. The van der Waals surface area contributed by atoms with Gasteiger partial charge in [-0.25, -0.2) is 0 Å². The van der Waals surface area contributed by atoms with Crippen molar-refractivity contribution in [2.75, 3.05) is 6.54 Å². The highest BCUT2D eigenvalue weighted by Crippen LogP contribution is 2.37. The second-order valence-corrected chi connectivity index (χ2v) is 5.42. The molecule has 0 spiro atoms. The van der Waals surface area contributed by atoms with Crippen molar-refractivity contribution in [3.8, 4) is 0 Å². The van der Waals surface area contributed by atoms with Crippen molar-refractivity contribution in [3.63, 3.8) is 0 Å². The fraction of sp³-hybridized carbons (Fsp3) is 1.00. The van der Waals surface area contributed by atoms with Gasteiger partial charge in [-0.05, 0) is 50.4 Å².